The predicted octanol–water partition coefficient (Wildman–Crippen LogP) is 3.24. The normalized spacial score (nSPS) is 19.6. The Hall–Kier alpha value is -2.47. The molecule has 0 saturated heterocycles. The molecule has 7 heteroatoms. The maximum atomic E-state index is 12.2. The monoisotopic (exact) mass is 349 g/mol. The maximum Gasteiger partial charge on any atom is 0.513 e. The lowest BCUT2D eigenvalue weighted by Crippen LogP contribution is -2.28. The van der Waals surface area contributed by atoms with Crippen molar-refractivity contribution >= 4 is 23.7 Å². The smallest absolute Gasteiger partial charge is 0.456 e. The molecule has 0 saturated carbocycles. The van der Waals surface area contributed by atoms with Crippen LogP contribution in [0.4, 0.5) is 4.79 Å². The average molecular weight is 350 g/mol. The third-order valence-corrected chi connectivity index (χ3v) is 4.02. The summed E-state index contributed by atoms with van der Waals surface area (Å²) in [6, 6.07) is 7.06. The van der Waals surface area contributed by atoms with E-state index in [-0.39, 0.29) is 13.2 Å². The minimum Gasteiger partial charge on any atom is -0.456 e. The molecule has 1 aromatic carbocycles. The summed E-state index contributed by atoms with van der Waals surface area (Å²) in [7, 11) is 0. The Morgan fingerprint density at radius 2 is 2.25 bits per heavy atom. The van der Waals surface area contributed by atoms with Gasteiger partial charge in [-0.3, -0.25) is 0 Å². The summed E-state index contributed by atoms with van der Waals surface area (Å²) < 4.78 is 15.4. The van der Waals surface area contributed by atoms with E-state index in [0.29, 0.717) is 27.7 Å². The molecule has 0 spiro atoms. The molecule has 0 fully saturated rings. The molecule has 6 nitrogen and oxygen atoms in total. The van der Waals surface area contributed by atoms with Gasteiger partial charge in [0.1, 0.15) is 12.4 Å². The zero-order valence-corrected chi connectivity index (χ0v) is 14.0. The number of carbonyl (C=O) groups is 2. The molecule has 2 aliphatic heterocycles. The van der Waals surface area contributed by atoms with E-state index in [1.54, 1.807) is 32.0 Å². The van der Waals surface area contributed by atoms with E-state index in [1.165, 1.54) is 0 Å². The van der Waals surface area contributed by atoms with Crippen molar-refractivity contribution in [1.29, 1.82) is 0 Å². The molecule has 3 rings (SSSR count). The number of halogens is 1. The summed E-state index contributed by atoms with van der Waals surface area (Å²) in [6.07, 6.45) is -0.823. The molecule has 0 aromatic heterocycles. The van der Waals surface area contributed by atoms with Gasteiger partial charge in [-0.15, -0.1) is 0 Å². The van der Waals surface area contributed by atoms with E-state index in [2.05, 4.69) is 5.32 Å². The summed E-state index contributed by atoms with van der Waals surface area (Å²) in [5, 5.41) is 3.59. The van der Waals surface area contributed by atoms with Crippen molar-refractivity contribution in [2.45, 2.75) is 19.8 Å². The Morgan fingerprint density at radius 1 is 1.46 bits per heavy atom. The summed E-state index contributed by atoms with van der Waals surface area (Å²) in [5.74, 6) is -0.729. The van der Waals surface area contributed by atoms with Gasteiger partial charge >= 0.3 is 12.1 Å². The van der Waals surface area contributed by atoms with Crippen molar-refractivity contribution in [2.75, 3.05) is 13.2 Å². The Labute approximate surface area is 144 Å². The summed E-state index contributed by atoms with van der Waals surface area (Å²) in [6.45, 7) is 3.80. The predicted molar refractivity (Wildman–Crippen MR) is 86.1 cm³/mol. The van der Waals surface area contributed by atoms with E-state index >= 15 is 0 Å². The third-order valence-electron chi connectivity index (χ3n) is 3.79. The van der Waals surface area contributed by atoms with Crippen molar-refractivity contribution < 1.29 is 23.8 Å². The highest BCUT2D eigenvalue weighted by Crippen LogP contribution is 2.41. The number of allylic oxidation sites excluding steroid dienone is 2. The molecule has 126 valence electrons. The van der Waals surface area contributed by atoms with Crippen molar-refractivity contribution in [2.24, 2.45) is 0 Å². The van der Waals surface area contributed by atoms with Gasteiger partial charge in [-0.05, 0) is 31.5 Å². The number of hydrogen-bond donors (Lipinski definition) is 1. The van der Waals surface area contributed by atoms with Gasteiger partial charge in [-0.2, -0.15) is 0 Å². The van der Waals surface area contributed by atoms with Gasteiger partial charge in [0, 0.05) is 5.02 Å². The fraction of sp³-hybridized carbons (Fsp3) is 0.294. The number of dihydropyridines is 1. The number of ether oxygens (including phenoxy) is 3. The Morgan fingerprint density at radius 3 is 2.96 bits per heavy atom. The number of nitrogens with one attached hydrogen (secondary N) is 1. The van der Waals surface area contributed by atoms with Crippen LogP contribution in [-0.4, -0.2) is 25.3 Å². The average Bonchev–Trinajstić information content (AvgIpc) is 2.89. The maximum absolute atomic E-state index is 12.2. The van der Waals surface area contributed by atoms with Gasteiger partial charge in [-0.1, -0.05) is 23.7 Å². The van der Waals surface area contributed by atoms with Crippen molar-refractivity contribution in [1.82, 2.24) is 5.32 Å². The quantitative estimate of drug-likeness (QED) is 0.844. The molecular formula is C17H16ClNO5. The summed E-state index contributed by atoms with van der Waals surface area (Å²) >= 11 is 6.09. The van der Waals surface area contributed by atoms with Gasteiger partial charge in [0.15, 0.2) is 0 Å². The molecule has 2 heterocycles. The molecule has 1 N–H and O–H groups in total. The zero-order chi connectivity index (χ0) is 17.3. The Bertz CT molecular complexity index is 768. The second-order valence-corrected chi connectivity index (χ2v) is 5.79. The molecule has 24 heavy (non-hydrogen) atoms. The van der Waals surface area contributed by atoms with Crippen LogP contribution in [0.1, 0.15) is 25.3 Å². The second kappa shape index (κ2) is 6.57. The molecule has 0 amide bonds. The number of benzene rings is 1. The minimum atomic E-state index is -0.823. The van der Waals surface area contributed by atoms with Crippen LogP contribution >= 0.6 is 11.6 Å². The molecule has 0 radical (unpaired) electrons. The lowest BCUT2D eigenvalue weighted by Gasteiger charge is -2.27. The van der Waals surface area contributed by atoms with Gasteiger partial charge in [0.25, 0.3) is 0 Å². The van der Waals surface area contributed by atoms with E-state index in [4.69, 9.17) is 25.8 Å². The number of rotatable bonds is 3. The summed E-state index contributed by atoms with van der Waals surface area (Å²) in [4.78, 5) is 24.0. The topological polar surface area (TPSA) is 73.9 Å². The largest absolute Gasteiger partial charge is 0.513 e. The SMILES string of the molecule is CCOC(=O)OC1=C(C)NC2=C(C(=O)OC2)C1c1cccc(Cl)c1. The fourth-order valence-corrected chi connectivity index (χ4v) is 3.02. The minimum absolute atomic E-state index is 0.162. The highest BCUT2D eigenvalue weighted by molar-refractivity contribution is 6.30. The second-order valence-electron chi connectivity index (χ2n) is 5.36. The van der Waals surface area contributed by atoms with Crippen LogP contribution < -0.4 is 5.32 Å². The molecule has 1 unspecified atom stereocenters. The van der Waals surface area contributed by atoms with Crippen LogP contribution in [0, 0.1) is 0 Å². The fourth-order valence-electron chi connectivity index (χ4n) is 2.82. The molecule has 0 bridgehead atoms. The van der Waals surface area contributed by atoms with Crippen LogP contribution in [0.3, 0.4) is 0 Å². The lowest BCUT2D eigenvalue weighted by atomic mass is 9.85. The molecular weight excluding hydrogens is 334 g/mol. The van der Waals surface area contributed by atoms with Gasteiger partial charge in [-0.25, -0.2) is 9.59 Å². The van der Waals surface area contributed by atoms with Crippen molar-refractivity contribution in [3.63, 3.8) is 0 Å². The van der Waals surface area contributed by atoms with Crippen molar-refractivity contribution in [3.05, 3.63) is 57.6 Å². The van der Waals surface area contributed by atoms with Crippen LogP contribution in [-0.2, 0) is 19.0 Å². The number of esters is 1. The number of carbonyl (C=O) groups excluding carboxylic acids is 2. The first-order chi connectivity index (χ1) is 11.5. The highest BCUT2D eigenvalue weighted by atomic mass is 35.5. The molecule has 1 aromatic rings. The first-order valence-corrected chi connectivity index (χ1v) is 7.87. The van der Waals surface area contributed by atoms with Gasteiger partial charge < -0.3 is 19.5 Å². The van der Waals surface area contributed by atoms with Crippen LogP contribution in [0.15, 0.2) is 47.0 Å². The van der Waals surface area contributed by atoms with E-state index < -0.39 is 18.0 Å². The van der Waals surface area contributed by atoms with Gasteiger partial charge in [0.2, 0.25) is 0 Å². The number of hydrogen-bond acceptors (Lipinski definition) is 6. The molecule has 1 atom stereocenters. The van der Waals surface area contributed by atoms with Crippen LogP contribution in [0.2, 0.25) is 5.02 Å². The standard InChI is InChI=1S/C17H16ClNO5/c1-3-22-17(21)24-15-9(2)19-12-8-23-16(20)14(12)13(15)10-5-4-6-11(18)7-10/h4-7,13,19H,3,8H2,1-2H3. The molecule has 0 aliphatic carbocycles. The highest BCUT2D eigenvalue weighted by Gasteiger charge is 2.41. The Balaban J connectivity index is 2.06. The Kier molecular flexibility index (Phi) is 4.49. The lowest BCUT2D eigenvalue weighted by molar-refractivity contribution is -0.136. The first kappa shape index (κ1) is 16.4. The zero-order valence-electron chi connectivity index (χ0n) is 13.2. The summed E-state index contributed by atoms with van der Waals surface area (Å²) in [5.41, 5.74) is 2.43. The number of cyclic esters (lactones) is 1. The van der Waals surface area contributed by atoms with E-state index in [0.717, 1.165) is 5.56 Å². The first-order valence-electron chi connectivity index (χ1n) is 7.49. The molecule has 2 aliphatic rings. The van der Waals surface area contributed by atoms with Crippen LogP contribution in [0.25, 0.3) is 0 Å². The van der Waals surface area contributed by atoms with Gasteiger partial charge in [0.05, 0.1) is 29.5 Å². The van der Waals surface area contributed by atoms with Crippen molar-refractivity contribution in [3.8, 4) is 0 Å². The van der Waals surface area contributed by atoms with E-state index in [9.17, 15) is 9.59 Å². The van der Waals surface area contributed by atoms with Crippen LogP contribution in [0.5, 0.6) is 0 Å². The van der Waals surface area contributed by atoms with E-state index in [1.807, 2.05) is 6.07 Å². The third kappa shape index (κ3) is 2.97.